The SMILES string of the molecule is O=C(NC1CCCSC1)c1cccc(C#CCO)c1. The molecule has 1 aromatic carbocycles. The molecule has 1 heterocycles. The van der Waals surface area contributed by atoms with E-state index in [4.69, 9.17) is 5.11 Å². The second-order valence-corrected chi connectivity index (χ2v) is 5.58. The molecule has 100 valence electrons. The maximum absolute atomic E-state index is 12.1. The summed E-state index contributed by atoms with van der Waals surface area (Å²) in [5, 5.41) is 11.7. The first-order valence-electron chi connectivity index (χ1n) is 6.38. The molecule has 1 aromatic rings. The second kappa shape index (κ2) is 7.22. The zero-order chi connectivity index (χ0) is 13.5. The summed E-state index contributed by atoms with van der Waals surface area (Å²) in [5.41, 5.74) is 1.38. The number of carbonyl (C=O) groups is 1. The number of thioether (sulfide) groups is 1. The molecule has 4 heteroatoms. The van der Waals surface area contributed by atoms with E-state index in [1.54, 1.807) is 12.1 Å². The van der Waals surface area contributed by atoms with Crippen LogP contribution in [0.4, 0.5) is 0 Å². The highest BCUT2D eigenvalue weighted by Crippen LogP contribution is 2.17. The van der Waals surface area contributed by atoms with Crippen molar-refractivity contribution in [3.63, 3.8) is 0 Å². The van der Waals surface area contributed by atoms with E-state index in [0.29, 0.717) is 5.56 Å². The third kappa shape index (κ3) is 4.30. The van der Waals surface area contributed by atoms with Gasteiger partial charge in [-0.15, -0.1) is 0 Å². The van der Waals surface area contributed by atoms with Crippen molar-refractivity contribution in [2.24, 2.45) is 0 Å². The average molecular weight is 275 g/mol. The summed E-state index contributed by atoms with van der Waals surface area (Å²) in [7, 11) is 0. The molecule has 19 heavy (non-hydrogen) atoms. The number of amides is 1. The fraction of sp³-hybridized carbons (Fsp3) is 0.400. The van der Waals surface area contributed by atoms with E-state index in [1.807, 2.05) is 23.9 Å². The Balaban J connectivity index is 2.01. The van der Waals surface area contributed by atoms with Crippen LogP contribution >= 0.6 is 11.8 Å². The lowest BCUT2D eigenvalue weighted by Crippen LogP contribution is -2.38. The molecule has 1 amide bonds. The number of benzene rings is 1. The smallest absolute Gasteiger partial charge is 0.251 e. The van der Waals surface area contributed by atoms with E-state index in [1.165, 1.54) is 5.75 Å². The number of hydrogen-bond acceptors (Lipinski definition) is 3. The molecule has 0 saturated carbocycles. The van der Waals surface area contributed by atoms with Crippen LogP contribution in [0, 0.1) is 11.8 Å². The summed E-state index contributed by atoms with van der Waals surface area (Å²) in [5.74, 6) is 7.54. The van der Waals surface area contributed by atoms with Gasteiger partial charge in [-0.05, 0) is 36.8 Å². The van der Waals surface area contributed by atoms with Gasteiger partial charge < -0.3 is 10.4 Å². The summed E-state index contributed by atoms with van der Waals surface area (Å²) in [6.45, 7) is -0.171. The Labute approximate surface area is 117 Å². The Bertz CT molecular complexity index is 498. The van der Waals surface area contributed by atoms with E-state index in [2.05, 4.69) is 17.2 Å². The van der Waals surface area contributed by atoms with Gasteiger partial charge in [0.05, 0.1) is 0 Å². The number of hydrogen-bond donors (Lipinski definition) is 2. The molecule has 0 radical (unpaired) electrons. The van der Waals surface area contributed by atoms with Crippen molar-refractivity contribution in [3.8, 4) is 11.8 Å². The number of rotatable bonds is 2. The van der Waals surface area contributed by atoms with Gasteiger partial charge in [-0.3, -0.25) is 4.79 Å². The molecular formula is C15H17NO2S. The second-order valence-electron chi connectivity index (χ2n) is 4.43. The Kier molecular flexibility index (Phi) is 5.31. The third-order valence-corrected chi connectivity index (χ3v) is 4.15. The minimum atomic E-state index is -0.171. The Morgan fingerprint density at radius 3 is 3.16 bits per heavy atom. The lowest BCUT2D eigenvalue weighted by Gasteiger charge is -2.22. The van der Waals surface area contributed by atoms with Crippen LogP contribution < -0.4 is 5.32 Å². The standard InChI is InChI=1S/C15H17NO2S/c17-8-2-5-12-4-1-6-13(10-12)15(18)16-14-7-3-9-19-11-14/h1,4,6,10,14,17H,3,7-9,11H2,(H,16,18). The molecule has 1 saturated heterocycles. The maximum atomic E-state index is 12.1. The number of carbonyl (C=O) groups excluding carboxylic acids is 1. The summed E-state index contributed by atoms with van der Waals surface area (Å²) < 4.78 is 0. The van der Waals surface area contributed by atoms with Crippen LogP contribution in [0.25, 0.3) is 0 Å². The highest BCUT2D eigenvalue weighted by atomic mass is 32.2. The Morgan fingerprint density at radius 1 is 1.53 bits per heavy atom. The molecule has 0 aromatic heterocycles. The molecule has 1 aliphatic heterocycles. The van der Waals surface area contributed by atoms with Gasteiger partial charge in [0, 0.05) is 22.9 Å². The van der Waals surface area contributed by atoms with Gasteiger partial charge in [-0.2, -0.15) is 11.8 Å². The molecule has 1 aliphatic rings. The maximum Gasteiger partial charge on any atom is 0.251 e. The van der Waals surface area contributed by atoms with E-state index in [9.17, 15) is 4.79 Å². The Hall–Kier alpha value is -1.44. The fourth-order valence-corrected chi connectivity index (χ4v) is 3.08. The fourth-order valence-electron chi connectivity index (χ4n) is 2.00. The van der Waals surface area contributed by atoms with Gasteiger partial charge in [0.1, 0.15) is 6.61 Å². The van der Waals surface area contributed by atoms with Crippen LogP contribution in [0.3, 0.4) is 0 Å². The average Bonchev–Trinajstić information content (AvgIpc) is 2.46. The van der Waals surface area contributed by atoms with Crippen LogP contribution in [0.2, 0.25) is 0 Å². The molecule has 2 N–H and O–H groups in total. The van der Waals surface area contributed by atoms with Crippen LogP contribution in [-0.4, -0.2) is 35.2 Å². The molecule has 1 atom stereocenters. The highest BCUT2D eigenvalue weighted by molar-refractivity contribution is 7.99. The highest BCUT2D eigenvalue weighted by Gasteiger charge is 2.16. The lowest BCUT2D eigenvalue weighted by molar-refractivity contribution is 0.0938. The van der Waals surface area contributed by atoms with Gasteiger partial charge in [0.15, 0.2) is 0 Å². The quantitative estimate of drug-likeness (QED) is 0.807. The van der Waals surface area contributed by atoms with Crippen LogP contribution in [0.15, 0.2) is 24.3 Å². The van der Waals surface area contributed by atoms with E-state index in [-0.39, 0.29) is 18.6 Å². The van der Waals surface area contributed by atoms with E-state index in [0.717, 1.165) is 24.2 Å². The predicted octanol–water partition coefficient (Wildman–Crippen LogP) is 1.66. The first kappa shape index (κ1) is 14.0. The van der Waals surface area contributed by atoms with Crippen molar-refractivity contribution in [2.45, 2.75) is 18.9 Å². The number of nitrogens with one attached hydrogen (secondary N) is 1. The van der Waals surface area contributed by atoms with Gasteiger partial charge in [-0.25, -0.2) is 0 Å². The van der Waals surface area contributed by atoms with E-state index < -0.39 is 0 Å². The third-order valence-electron chi connectivity index (χ3n) is 2.93. The normalized spacial score (nSPS) is 18.3. The van der Waals surface area contributed by atoms with Gasteiger partial charge >= 0.3 is 0 Å². The molecule has 2 rings (SSSR count). The molecule has 0 spiro atoms. The van der Waals surface area contributed by atoms with Crippen molar-refractivity contribution < 1.29 is 9.90 Å². The largest absolute Gasteiger partial charge is 0.384 e. The van der Waals surface area contributed by atoms with Crippen molar-refractivity contribution in [1.82, 2.24) is 5.32 Å². The monoisotopic (exact) mass is 275 g/mol. The molecule has 0 bridgehead atoms. The van der Waals surface area contributed by atoms with Crippen molar-refractivity contribution in [1.29, 1.82) is 0 Å². The minimum absolute atomic E-state index is 0.0415. The summed E-state index contributed by atoms with van der Waals surface area (Å²) >= 11 is 1.89. The van der Waals surface area contributed by atoms with Gasteiger partial charge in [-0.1, -0.05) is 17.9 Å². The van der Waals surface area contributed by atoms with Crippen molar-refractivity contribution in [2.75, 3.05) is 18.1 Å². The molecule has 1 unspecified atom stereocenters. The summed E-state index contributed by atoms with van der Waals surface area (Å²) in [4.78, 5) is 12.1. The van der Waals surface area contributed by atoms with E-state index >= 15 is 0 Å². The van der Waals surface area contributed by atoms with Crippen LogP contribution in [0.5, 0.6) is 0 Å². The number of aliphatic hydroxyl groups excluding tert-OH is 1. The molecule has 3 nitrogen and oxygen atoms in total. The topological polar surface area (TPSA) is 49.3 Å². The number of aliphatic hydroxyl groups is 1. The van der Waals surface area contributed by atoms with Crippen LogP contribution in [-0.2, 0) is 0 Å². The van der Waals surface area contributed by atoms with Gasteiger partial charge in [0.2, 0.25) is 0 Å². The van der Waals surface area contributed by atoms with Crippen molar-refractivity contribution in [3.05, 3.63) is 35.4 Å². The predicted molar refractivity (Wildman–Crippen MR) is 78.2 cm³/mol. The first-order valence-corrected chi connectivity index (χ1v) is 7.53. The van der Waals surface area contributed by atoms with Gasteiger partial charge in [0.25, 0.3) is 5.91 Å². The zero-order valence-electron chi connectivity index (χ0n) is 10.7. The molecular weight excluding hydrogens is 258 g/mol. The lowest BCUT2D eigenvalue weighted by atomic mass is 10.1. The first-order chi connectivity index (χ1) is 9.29. The van der Waals surface area contributed by atoms with Crippen LogP contribution in [0.1, 0.15) is 28.8 Å². The zero-order valence-corrected chi connectivity index (χ0v) is 11.5. The van der Waals surface area contributed by atoms with Crippen molar-refractivity contribution >= 4 is 17.7 Å². The molecule has 1 fully saturated rings. The summed E-state index contributed by atoms with van der Waals surface area (Å²) in [6.07, 6.45) is 2.22. The summed E-state index contributed by atoms with van der Waals surface area (Å²) in [6, 6.07) is 7.46. The Morgan fingerprint density at radius 2 is 2.42 bits per heavy atom. The minimum Gasteiger partial charge on any atom is -0.384 e. The molecule has 0 aliphatic carbocycles.